The van der Waals surface area contributed by atoms with Crippen molar-refractivity contribution in [2.75, 3.05) is 50.5 Å². The van der Waals surface area contributed by atoms with Gasteiger partial charge >= 0.3 is 12.3 Å². The van der Waals surface area contributed by atoms with Crippen LogP contribution in [0.25, 0.3) is 10.9 Å². The van der Waals surface area contributed by atoms with Crippen LogP contribution in [0.2, 0.25) is 0 Å². The Morgan fingerprint density at radius 3 is 2.57 bits per heavy atom. The first-order valence-corrected chi connectivity index (χ1v) is 15.4. The summed E-state index contributed by atoms with van der Waals surface area (Å²) in [7, 11) is -2.56. The SMILES string of the molecule is COc1cc(S(N)(=O)=O)ccc1NCC#Cc1cc2c(NC3CCN(C[C@@H]4COC(=O)O4)CC3)cccc2n1CC(F)(F)F. The quantitative estimate of drug-likeness (QED) is 0.237. The third kappa shape index (κ3) is 7.68. The second kappa shape index (κ2) is 12.8. The Hall–Kier alpha value is -4.13. The van der Waals surface area contributed by atoms with Gasteiger partial charge in [-0.3, -0.25) is 4.90 Å². The summed E-state index contributed by atoms with van der Waals surface area (Å²) in [4.78, 5) is 13.3. The number of rotatable bonds is 9. The second-order valence-corrected chi connectivity index (χ2v) is 12.1. The first-order chi connectivity index (χ1) is 20.9. The number of ether oxygens (including phenoxy) is 3. The van der Waals surface area contributed by atoms with E-state index in [-0.39, 0.29) is 41.6 Å². The lowest BCUT2D eigenvalue weighted by atomic mass is 10.0. The van der Waals surface area contributed by atoms with Crippen molar-refractivity contribution >= 4 is 38.5 Å². The van der Waals surface area contributed by atoms with Gasteiger partial charge in [0.2, 0.25) is 10.0 Å². The number of nitrogens with two attached hydrogens (primary N) is 1. The van der Waals surface area contributed by atoms with Crippen LogP contribution in [0.3, 0.4) is 0 Å². The van der Waals surface area contributed by atoms with Gasteiger partial charge in [0.15, 0.2) is 6.10 Å². The van der Waals surface area contributed by atoms with Crippen LogP contribution in [-0.4, -0.2) is 82.3 Å². The summed E-state index contributed by atoms with van der Waals surface area (Å²) in [6, 6.07) is 11.0. The maximum Gasteiger partial charge on any atom is 0.508 e. The van der Waals surface area contributed by atoms with Gasteiger partial charge < -0.3 is 29.4 Å². The molecular weight excluding hydrogens is 603 g/mol. The minimum atomic E-state index is -4.46. The molecule has 44 heavy (non-hydrogen) atoms. The molecule has 236 valence electrons. The van der Waals surface area contributed by atoms with Gasteiger partial charge in [-0.1, -0.05) is 12.0 Å². The van der Waals surface area contributed by atoms with Crippen molar-refractivity contribution in [3.05, 3.63) is 48.2 Å². The summed E-state index contributed by atoms with van der Waals surface area (Å²) in [6.45, 7) is 1.24. The number of primary sulfonamides is 1. The lowest BCUT2D eigenvalue weighted by Gasteiger charge is -2.33. The van der Waals surface area contributed by atoms with E-state index in [4.69, 9.17) is 19.3 Å². The molecule has 4 N–H and O–H groups in total. The number of piperidine rings is 1. The molecule has 3 aromatic rings. The second-order valence-electron chi connectivity index (χ2n) is 10.6. The number of carbonyl (C=O) groups excluding carboxylic acids is 1. The number of methoxy groups -OCH3 is 1. The van der Waals surface area contributed by atoms with E-state index >= 15 is 0 Å². The van der Waals surface area contributed by atoms with Crippen LogP contribution in [0.15, 0.2) is 47.4 Å². The normalized spacial score (nSPS) is 17.9. The fourth-order valence-corrected chi connectivity index (χ4v) is 5.88. The average Bonchev–Trinajstić information content (AvgIpc) is 3.53. The highest BCUT2D eigenvalue weighted by atomic mass is 32.2. The van der Waals surface area contributed by atoms with Crippen LogP contribution in [0.4, 0.5) is 29.3 Å². The van der Waals surface area contributed by atoms with Gasteiger partial charge in [0.1, 0.15) is 18.9 Å². The van der Waals surface area contributed by atoms with Crippen LogP contribution in [0.5, 0.6) is 5.75 Å². The Kier molecular flexibility index (Phi) is 9.14. The number of hydrogen-bond acceptors (Lipinski definition) is 9. The van der Waals surface area contributed by atoms with Crippen LogP contribution in [0.1, 0.15) is 18.5 Å². The highest BCUT2D eigenvalue weighted by Gasteiger charge is 2.31. The smallest absolute Gasteiger partial charge is 0.495 e. The number of benzene rings is 2. The molecule has 0 amide bonds. The average molecular weight is 636 g/mol. The Balaban J connectivity index is 1.30. The molecule has 0 saturated carbocycles. The molecule has 15 heteroatoms. The van der Waals surface area contributed by atoms with E-state index in [0.717, 1.165) is 36.2 Å². The number of halogens is 3. The van der Waals surface area contributed by atoms with E-state index in [0.29, 0.717) is 23.1 Å². The van der Waals surface area contributed by atoms with Gasteiger partial charge in [0, 0.05) is 42.8 Å². The van der Waals surface area contributed by atoms with Gasteiger partial charge in [0.05, 0.1) is 35.4 Å². The summed E-state index contributed by atoms with van der Waals surface area (Å²) in [6.07, 6.45) is -3.77. The molecule has 2 aliphatic heterocycles. The standard InChI is InChI=1S/C29H32F3N5O6S/c1-41-27-15-22(44(33,39)40)7-8-25(27)34-11-3-4-20-14-23-24(5-2-6-26(23)37(20)18-29(30,31)32)35-19-9-12-36(13-10-19)16-21-17-42-28(38)43-21/h2,5-8,14-15,19,21,34-35H,9-13,16-18H2,1H3,(H2,33,39,40)/t21-/m1/s1. The zero-order valence-corrected chi connectivity index (χ0v) is 24.6. The van der Waals surface area contributed by atoms with Crippen molar-refractivity contribution in [1.82, 2.24) is 9.47 Å². The maximum absolute atomic E-state index is 13.6. The van der Waals surface area contributed by atoms with Gasteiger partial charge in [-0.05, 0) is 49.1 Å². The molecule has 2 saturated heterocycles. The van der Waals surface area contributed by atoms with E-state index in [2.05, 4.69) is 27.4 Å². The minimum absolute atomic E-state index is 0.0501. The van der Waals surface area contributed by atoms with Crippen molar-refractivity contribution in [2.45, 2.75) is 42.6 Å². The first-order valence-electron chi connectivity index (χ1n) is 13.8. The van der Waals surface area contributed by atoms with Crippen LogP contribution in [-0.2, 0) is 26.0 Å². The number of likely N-dealkylation sites (tertiary alicyclic amines) is 1. The number of alkyl halides is 3. The summed E-state index contributed by atoms with van der Waals surface area (Å²) in [5.74, 6) is 5.94. The number of cyclic esters (lactones) is 2. The van der Waals surface area contributed by atoms with Gasteiger partial charge in [0.25, 0.3) is 0 Å². The highest BCUT2D eigenvalue weighted by molar-refractivity contribution is 7.89. The Labute approximate surface area is 252 Å². The number of nitrogens with zero attached hydrogens (tertiary/aromatic N) is 2. The molecule has 2 fully saturated rings. The van der Waals surface area contributed by atoms with Gasteiger partial charge in [-0.15, -0.1) is 0 Å². The van der Waals surface area contributed by atoms with Crippen molar-refractivity contribution < 1.29 is 40.6 Å². The number of aromatic nitrogens is 1. The first kappa shape index (κ1) is 31.3. The lowest BCUT2D eigenvalue weighted by molar-refractivity contribution is -0.140. The zero-order chi connectivity index (χ0) is 31.5. The van der Waals surface area contributed by atoms with E-state index in [1.54, 1.807) is 18.2 Å². The molecule has 2 aromatic carbocycles. The monoisotopic (exact) mass is 635 g/mol. The van der Waals surface area contributed by atoms with E-state index in [1.165, 1.54) is 25.3 Å². The predicted octanol–water partition coefficient (Wildman–Crippen LogP) is 3.73. The van der Waals surface area contributed by atoms with Crippen molar-refractivity contribution in [1.29, 1.82) is 0 Å². The topological polar surface area (TPSA) is 137 Å². The largest absolute Gasteiger partial charge is 0.508 e. The third-order valence-corrected chi connectivity index (χ3v) is 8.34. The molecule has 2 aliphatic rings. The summed E-state index contributed by atoms with van der Waals surface area (Å²) in [5, 5.41) is 12.3. The number of carbonyl (C=O) groups is 1. The molecule has 0 unspecified atom stereocenters. The Morgan fingerprint density at radius 2 is 1.91 bits per heavy atom. The van der Waals surface area contributed by atoms with E-state index in [9.17, 15) is 26.4 Å². The van der Waals surface area contributed by atoms with Crippen molar-refractivity contribution in [3.63, 3.8) is 0 Å². The summed E-state index contributed by atoms with van der Waals surface area (Å²) < 4.78 is 80.4. The number of fused-ring (bicyclic) bond motifs is 1. The van der Waals surface area contributed by atoms with Gasteiger partial charge in [-0.2, -0.15) is 13.2 Å². The predicted molar refractivity (Wildman–Crippen MR) is 157 cm³/mol. The molecule has 11 nitrogen and oxygen atoms in total. The van der Waals surface area contributed by atoms with E-state index < -0.39 is 28.9 Å². The fourth-order valence-electron chi connectivity index (χ4n) is 5.36. The molecule has 1 atom stereocenters. The minimum Gasteiger partial charge on any atom is -0.495 e. The molecule has 0 spiro atoms. The molecule has 0 bridgehead atoms. The maximum atomic E-state index is 13.6. The molecule has 3 heterocycles. The zero-order valence-electron chi connectivity index (χ0n) is 23.8. The molecule has 0 aliphatic carbocycles. The molecule has 5 rings (SSSR count). The number of nitrogens with one attached hydrogen (secondary N) is 2. The lowest BCUT2D eigenvalue weighted by Crippen LogP contribution is -2.43. The van der Waals surface area contributed by atoms with Crippen molar-refractivity contribution in [3.8, 4) is 17.6 Å². The van der Waals surface area contributed by atoms with Crippen LogP contribution >= 0.6 is 0 Å². The third-order valence-electron chi connectivity index (χ3n) is 7.43. The Morgan fingerprint density at radius 1 is 1.14 bits per heavy atom. The highest BCUT2D eigenvalue weighted by Crippen LogP contribution is 2.32. The van der Waals surface area contributed by atoms with Crippen LogP contribution < -0.4 is 20.5 Å². The number of hydrogen-bond donors (Lipinski definition) is 3. The molecular formula is C29H32F3N5O6S. The van der Waals surface area contributed by atoms with Crippen molar-refractivity contribution in [2.24, 2.45) is 5.14 Å². The van der Waals surface area contributed by atoms with E-state index in [1.807, 2.05) is 6.07 Å². The number of sulfonamides is 1. The van der Waals surface area contributed by atoms with Gasteiger partial charge in [-0.25, -0.2) is 18.4 Å². The molecule has 1 aromatic heterocycles. The van der Waals surface area contributed by atoms with Crippen LogP contribution in [0, 0.1) is 11.8 Å². The summed E-state index contributed by atoms with van der Waals surface area (Å²) >= 11 is 0. The summed E-state index contributed by atoms with van der Waals surface area (Å²) in [5.41, 5.74) is 1.78. The Bertz CT molecular complexity index is 1690. The molecule has 0 radical (unpaired) electrons. The fraction of sp³-hybridized carbons (Fsp3) is 0.414. The number of anilines is 2.